The van der Waals surface area contributed by atoms with Crippen LogP contribution in [0.15, 0.2) is 15.8 Å². The third-order valence-electron chi connectivity index (χ3n) is 4.63. The van der Waals surface area contributed by atoms with Crippen molar-refractivity contribution in [1.82, 2.24) is 9.13 Å². The summed E-state index contributed by atoms with van der Waals surface area (Å²) >= 11 is 0. The van der Waals surface area contributed by atoms with Gasteiger partial charge in [-0.25, -0.2) is 9.36 Å². The van der Waals surface area contributed by atoms with Gasteiger partial charge in [0.25, 0.3) is 5.56 Å². The van der Waals surface area contributed by atoms with E-state index in [1.54, 1.807) is 0 Å². The number of nitrogens with zero attached hydrogens (tertiary/aromatic N) is 3. The molecule has 2 saturated heterocycles. The van der Waals surface area contributed by atoms with Crippen LogP contribution in [0, 0.1) is 11.0 Å². The van der Waals surface area contributed by atoms with Crippen LogP contribution in [-0.4, -0.2) is 80.3 Å². The first-order chi connectivity index (χ1) is 12.3. The number of rotatable bonds is 4. The Morgan fingerprint density at radius 2 is 1.92 bits per heavy atom. The minimum Gasteiger partial charge on any atom is -0.631 e. The van der Waals surface area contributed by atoms with Crippen LogP contribution in [-0.2, 0) is 16.1 Å². The normalized spacial score (nSPS) is 31.3. The molecule has 4 atom stereocenters. The SMILES string of the molecule is O=c1c(F)cn([C@H]2O[C@H](CO)[C@@H](O)[C@H]2O)c(=O)n1C[N+]1([O-])CCOCC1. The second-order valence-corrected chi connectivity index (χ2v) is 6.39. The quantitative estimate of drug-likeness (QED) is 0.373. The largest absolute Gasteiger partial charge is 0.631 e. The molecule has 0 radical (unpaired) electrons. The number of hydrogen-bond acceptors (Lipinski definition) is 8. The molecule has 2 fully saturated rings. The number of hydrogen-bond donors (Lipinski definition) is 3. The van der Waals surface area contributed by atoms with Gasteiger partial charge in [-0.05, 0) is 0 Å². The Bertz CT molecular complexity index is 774. The smallest absolute Gasteiger partial charge is 0.337 e. The highest BCUT2D eigenvalue weighted by molar-refractivity contribution is 4.96. The van der Waals surface area contributed by atoms with E-state index in [1.165, 1.54) is 0 Å². The fraction of sp³-hybridized carbons (Fsp3) is 0.714. The minimum absolute atomic E-state index is 0.00372. The summed E-state index contributed by atoms with van der Waals surface area (Å²) in [6, 6.07) is 0. The lowest BCUT2D eigenvalue weighted by molar-refractivity contribution is -0.910. The molecule has 146 valence electrons. The zero-order valence-corrected chi connectivity index (χ0v) is 13.7. The van der Waals surface area contributed by atoms with Crippen molar-refractivity contribution >= 4 is 0 Å². The van der Waals surface area contributed by atoms with Crippen molar-refractivity contribution in [3.8, 4) is 0 Å². The van der Waals surface area contributed by atoms with Crippen molar-refractivity contribution in [2.75, 3.05) is 32.9 Å². The van der Waals surface area contributed by atoms with Crippen LogP contribution in [0.25, 0.3) is 0 Å². The second kappa shape index (κ2) is 7.15. The van der Waals surface area contributed by atoms with E-state index in [9.17, 15) is 29.4 Å². The molecule has 0 unspecified atom stereocenters. The Labute approximate surface area is 146 Å². The van der Waals surface area contributed by atoms with Gasteiger partial charge in [-0.15, -0.1) is 0 Å². The van der Waals surface area contributed by atoms with E-state index < -0.39 is 59.5 Å². The maximum Gasteiger partial charge on any atom is 0.337 e. The van der Waals surface area contributed by atoms with E-state index in [0.717, 1.165) is 0 Å². The Morgan fingerprint density at radius 3 is 2.50 bits per heavy atom. The van der Waals surface area contributed by atoms with Crippen molar-refractivity contribution in [1.29, 1.82) is 0 Å². The molecule has 0 spiro atoms. The molecule has 2 aliphatic rings. The first-order valence-corrected chi connectivity index (χ1v) is 8.06. The van der Waals surface area contributed by atoms with Crippen LogP contribution in [0.1, 0.15) is 6.23 Å². The number of aromatic nitrogens is 2. The Balaban J connectivity index is 2.00. The molecule has 1 aromatic heterocycles. The second-order valence-electron chi connectivity index (χ2n) is 6.39. The number of quaternary nitrogens is 1. The summed E-state index contributed by atoms with van der Waals surface area (Å²) in [5.74, 6) is -1.32. The number of halogens is 1. The molecule has 0 saturated carbocycles. The lowest BCUT2D eigenvalue weighted by Gasteiger charge is -2.44. The van der Waals surface area contributed by atoms with Crippen LogP contribution < -0.4 is 11.2 Å². The highest BCUT2D eigenvalue weighted by Crippen LogP contribution is 2.28. The molecular weight excluding hydrogens is 357 g/mol. The predicted octanol–water partition coefficient (Wildman–Crippen LogP) is -2.94. The van der Waals surface area contributed by atoms with E-state index in [0.29, 0.717) is 15.3 Å². The third-order valence-corrected chi connectivity index (χ3v) is 4.63. The summed E-state index contributed by atoms with van der Waals surface area (Å²) in [5, 5.41) is 41.6. The molecule has 1 aromatic rings. The standard InChI is InChI=1S/C14H20FN3O8/c15-8-5-16(13-11(21)10(20)9(6-19)26-13)14(23)17(12(8)22)7-18(24)1-3-25-4-2-18/h5,9-11,13,19-21H,1-4,6-7H2/t9-,10-,11-,13+/m1/s1. The monoisotopic (exact) mass is 377 g/mol. The maximum absolute atomic E-state index is 14.1. The number of aliphatic hydroxyl groups is 3. The highest BCUT2D eigenvalue weighted by atomic mass is 19.1. The van der Waals surface area contributed by atoms with Crippen LogP contribution in [0.2, 0.25) is 0 Å². The summed E-state index contributed by atoms with van der Waals surface area (Å²) in [6.07, 6.45) is -5.27. The van der Waals surface area contributed by atoms with E-state index >= 15 is 0 Å². The Hall–Kier alpha value is -1.67. The van der Waals surface area contributed by atoms with Crippen LogP contribution >= 0.6 is 0 Å². The molecule has 26 heavy (non-hydrogen) atoms. The zero-order chi connectivity index (χ0) is 19.1. The van der Waals surface area contributed by atoms with Crippen LogP contribution in [0.5, 0.6) is 0 Å². The minimum atomic E-state index is -1.63. The lowest BCUT2D eigenvalue weighted by Crippen LogP contribution is -2.56. The Kier molecular flexibility index (Phi) is 5.25. The summed E-state index contributed by atoms with van der Waals surface area (Å²) in [7, 11) is 0. The van der Waals surface area contributed by atoms with E-state index in [2.05, 4.69) is 0 Å². The summed E-state index contributed by atoms with van der Waals surface area (Å²) < 4.78 is 24.5. The van der Waals surface area contributed by atoms with Gasteiger partial charge in [0.2, 0.25) is 5.82 Å². The number of aliphatic hydroxyl groups excluding tert-OH is 3. The van der Waals surface area contributed by atoms with E-state index in [-0.39, 0.29) is 26.3 Å². The van der Waals surface area contributed by atoms with Gasteiger partial charge >= 0.3 is 5.69 Å². The summed E-state index contributed by atoms with van der Waals surface area (Å²) in [6.45, 7) is -0.959. The average Bonchev–Trinajstić information content (AvgIpc) is 2.90. The molecule has 11 nitrogen and oxygen atoms in total. The molecule has 0 aliphatic carbocycles. The van der Waals surface area contributed by atoms with E-state index in [1.807, 2.05) is 0 Å². The molecule has 12 heteroatoms. The lowest BCUT2D eigenvalue weighted by atomic mass is 10.1. The molecule has 2 aliphatic heterocycles. The van der Waals surface area contributed by atoms with Crippen molar-refractivity contribution < 1.29 is 33.8 Å². The van der Waals surface area contributed by atoms with Crippen molar-refractivity contribution in [2.45, 2.75) is 31.2 Å². The molecule has 0 aromatic carbocycles. The first-order valence-electron chi connectivity index (χ1n) is 8.06. The molecule has 3 N–H and O–H groups in total. The topological polar surface area (TPSA) is 146 Å². The maximum atomic E-state index is 14.1. The molecule has 0 bridgehead atoms. The van der Waals surface area contributed by atoms with Gasteiger partial charge < -0.3 is 34.6 Å². The van der Waals surface area contributed by atoms with Crippen molar-refractivity contribution in [3.05, 3.63) is 38.1 Å². The molecule has 3 heterocycles. The van der Waals surface area contributed by atoms with Gasteiger partial charge in [0.15, 0.2) is 12.9 Å². The Morgan fingerprint density at radius 1 is 1.27 bits per heavy atom. The first kappa shape index (κ1) is 19.1. The number of ether oxygens (including phenoxy) is 2. The summed E-state index contributed by atoms with van der Waals surface area (Å²) in [4.78, 5) is 24.7. The fourth-order valence-corrected chi connectivity index (χ4v) is 3.08. The average molecular weight is 377 g/mol. The summed E-state index contributed by atoms with van der Waals surface area (Å²) in [5.41, 5.74) is -2.33. The van der Waals surface area contributed by atoms with Gasteiger partial charge in [-0.3, -0.25) is 9.36 Å². The molecule has 0 amide bonds. The molecular formula is C14H20FN3O8. The van der Waals surface area contributed by atoms with Crippen LogP contribution in [0.4, 0.5) is 4.39 Å². The fourth-order valence-electron chi connectivity index (χ4n) is 3.08. The van der Waals surface area contributed by atoms with Gasteiger partial charge in [-0.2, -0.15) is 4.39 Å². The highest BCUT2D eigenvalue weighted by Gasteiger charge is 2.44. The predicted molar refractivity (Wildman–Crippen MR) is 82.1 cm³/mol. The van der Waals surface area contributed by atoms with Crippen molar-refractivity contribution in [3.63, 3.8) is 0 Å². The van der Waals surface area contributed by atoms with Crippen LogP contribution in [0.3, 0.4) is 0 Å². The number of morpholine rings is 1. The van der Waals surface area contributed by atoms with E-state index in [4.69, 9.17) is 14.6 Å². The van der Waals surface area contributed by atoms with Crippen molar-refractivity contribution in [2.24, 2.45) is 0 Å². The van der Waals surface area contributed by atoms with Gasteiger partial charge in [0.1, 0.15) is 31.4 Å². The molecule has 3 rings (SSSR count). The van der Waals surface area contributed by atoms with Gasteiger partial charge in [-0.1, -0.05) is 0 Å². The van der Waals surface area contributed by atoms with Gasteiger partial charge in [0, 0.05) is 0 Å². The zero-order valence-electron chi connectivity index (χ0n) is 13.7. The number of hydroxylamine groups is 3. The third kappa shape index (κ3) is 3.32. The van der Waals surface area contributed by atoms with Gasteiger partial charge in [0.05, 0.1) is 26.0 Å².